The van der Waals surface area contributed by atoms with Gasteiger partial charge in [-0.2, -0.15) is 10.5 Å². The van der Waals surface area contributed by atoms with Crippen LogP contribution in [0.2, 0.25) is 0 Å². The van der Waals surface area contributed by atoms with Crippen LogP contribution in [-0.4, -0.2) is 8.97 Å². The molecule has 4 unspecified atom stereocenters. The van der Waals surface area contributed by atoms with Crippen LogP contribution in [0.3, 0.4) is 0 Å². The van der Waals surface area contributed by atoms with E-state index in [-0.39, 0.29) is 0 Å². The maximum absolute atomic E-state index is 11.0. The summed E-state index contributed by atoms with van der Waals surface area (Å²) >= 11 is 0. The minimum atomic E-state index is 0.467. The third-order valence-electron chi connectivity index (χ3n) is 16.1. The molecular formula is C50H40N4. The molecule has 0 radical (unpaired) electrons. The molecule has 4 atom stereocenters. The van der Waals surface area contributed by atoms with Gasteiger partial charge in [0.15, 0.2) is 0 Å². The van der Waals surface area contributed by atoms with E-state index in [1.165, 1.54) is 152 Å². The molecule has 8 aromatic rings. The Morgan fingerprint density at radius 2 is 0.963 bits per heavy atom. The predicted molar refractivity (Wildman–Crippen MR) is 216 cm³/mol. The van der Waals surface area contributed by atoms with Crippen molar-refractivity contribution in [2.24, 2.45) is 23.7 Å². The molecule has 54 heavy (non-hydrogen) atoms. The number of aromatic nitrogens is 2. The van der Waals surface area contributed by atoms with E-state index >= 15 is 0 Å². The van der Waals surface area contributed by atoms with Crippen LogP contribution in [0.15, 0.2) is 72.8 Å². The first-order chi connectivity index (χ1) is 26.6. The largest absolute Gasteiger partial charge is 0.309 e. The van der Waals surface area contributed by atoms with Gasteiger partial charge in [-0.3, -0.25) is 0 Å². The number of hydrogen-bond acceptors (Lipinski definition) is 2. The number of para-hydroxylation sites is 2. The zero-order valence-electron chi connectivity index (χ0n) is 30.4. The van der Waals surface area contributed by atoms with Crippen LogP contribution in [0.5, 0.6) is 0 Å². The molecule has 8 aliphatic rings. The number of rotatable bonds is 1. The van der Waals surface area contributed by atoms with Crippen LogP contribution in [0.4, 0.5) is 0 Å². The normalized spacial score (nSPS) is 29.1. The predicted octanol–water partition coefficient (Wildman–Crippen LogP) is 12.5. The summed E-state index contributed by atoms with van der Waals surface area (Å²) < 4.78 is 5.11. The standard InChI is InChI=1S/C50H40N4/c51-23-33-20-40-46(44-31-16-25-10-26(17-31)13-29(12-25)42(33)44)38-22-37-36-8-4-5-9-39(36)53(35-6-2-1-3-7-35)49(37)48-47-41(54(40)50(38)48)21-34(24-52)43-30-14-27-11-28(15-30)19-32(18-27)45(43)47/h1-9,20-22,25-32H,10-19H2. The van der Waals surface area contributed by atoms with Crippen LogP contribution < -0.4 is 0 Å². The Labute approximate surface area is 313 Å². The van der Waals surface area contributed by atoms with Gasteiger partial charge in [0.05, 0.1) is 50.8 Å². The van der Waals surface area contributed by atoms with E-state index in [4.69, 9.17) is 0 Å². The molecule has 16 rings (SSSR count). The Bertz CT molecular complexity index is 3060. The monoisotopic (exact) mass is 696 g/mol. The van der Waals surface area contributed by atoms with Crippen LogP contribution in [0, 0.1) is 46.3 Å². The number of hydrogen-bond donors (Lipinski definition) is 0. The van der Waals surface area contributed by atoms with E-state index in [0.29, 0.717) is 23.7 Å². The molecule has 0 saturated heterocycles. The van der Waals surface area contributed by atoms with E-state index in [0.717, 1.165) is 34.8 Å². The molecule has 8 aliphatic carbocycles. The lowest BCUT2D eigenvalue weighted by atomic mass is 9.67. The molecular weight excluding hydrogens is 657 g/mol. The first-order valence-electron chi connectivity index (χ1n) is 20.8. The molecule has 3 heterocycles. The third-order valence-corrected chi connectivity index (χ3v) is 16.1. The fourth-order valence-corrected chi connectivity index (χ4v) is 14.9. The Morgan fingerprint density at radius 3 is 1.56 bits per heavy atom. The number of nitriles is 2. The fraction of sp³-hybridized carbons (Fsp3) is 0.360. The summed E-state index contributed by atoms with van der Waals surface area (Å²) in [5.74, 6) is 4.99. The molecule has 8 bridgehead atoms. The van der Waals surface area contributed by atoms with Gasteiger partial charge in [0.25, 0.3) is 0 Å². The van der Waals surface area contributed by atoms with Crippen molar-refractivity contribution in [3.8, 4) is 17.8 Å². The van der Waals surface area contributed by atoms with Crippen LogP contribution in [-0.2, 0) is 0 Å². The molecule has 0 amide bonds. The van der Waals surface area contributed by atoms with Gasteiger partial charge in [-0.15, -0.1) is 0 Å². The van der Waals surface area contributed by atoms with E-state index < -0.39 is 0 Å². The summed E-state index contributed by atoms with van der Waals surface area (Å²) in [6.45, 7) is 0. The Balaban J connectivity index is 1.27. The van der Waals surface area contributed by atoms with E-state index in [2.05, 4.69) is 93.9 Å². The second-order valence-corrected chi connectivity index (χ2v) is 18.7. The lowest BCUT2D eigenvalue weighted by molar-refractivity contribution is 0.166. The molecule has 0 N–H and O–H groups in total. The van der Waals surface area contributed by atoms with Gasteiger partial charge in [0.1, 0.15) is 0 Å². The number of benzene rings is 5. The van der Waals surface area contributed by atoms with Crippen LogP contribution >= 0.6 is 0 Å². The zero-order valence-corrected chi connectivity index (χ0v) is 30.4. The number of nitrogens with zero attached hydrogens (tertiary/aromatic N) is 4. The van der Waals surface area contributed by atoms with E-state index in [1.807, 2.05) is 0 Å². The molecule has 0 aliphatic heterocycles. The molecule has 4 saturated carbocycles. The Kier molecular flexibility index (Phi) is 5.31. The lowest BCUT2D eigenvalue weighted by Crippen LogP contribution is -2.25. The van der Waals surface area contributed by atoms with Gasteiger partial charge in [0.2, 0.25) is 0 Å². The third kappa shape index (κ3) is 3.38. The maximum atomic E-state index is 11.0. The van der Waals surface area contributed by atoms with Crippen molar-refractivity contribution < 1.29 is 0 Å². The molecule has 5 aromatic carbocycles. The first-order valence-corrected chi connectivity index (χ1v) is 20.8. The second-order valence-electron chi connectivity index (χ2n) is 18.7. The second kappa shape index (κ2) is 9.85. The van der Waals surface area contributed by atoms with Crippen molar-refractivity contribution in [2.45, 2.75) is 87.9 Å². The highest BCUT2D eigenvalue weighted by molar-refractivity contribution is 6.35. The summed E-state index contributed by atoms with van der Waals surface area (Å²) in [6.07, 6.45) is 12.7. The molecule has 4 heteroatoms. The Morgan fingerprint density at radius 1 is 0.444 bits per heavy atom. The minimum absolute atomic E-state index is 0.467. The highest BCUT2D eigenvalue weighted by Gasteiger charge is 2.47. The van der Waals surface area contributed by atoms with Gasteiger partial charge >= 0.3 is 0 Å². The van der Waals surface area contributed by atoms with Gasteiger partial charge in [-0.05, 0) is 170 Å². The number of fused-ring (bicyclic) bond motifs is 10. The van der Waals surface area contributed by atoms with Gasteiger partial charge in [0, 0.05) is 38.0 Å². The average molecular weight is 697 g/mol. The smallest absolute Gasteiger partial charge is 0.0995 e. The lowest BCUT2D eigenvalue weighted by Gasteiger charge is -2.38. The zero-order chi connectivity index (χ0) is 35.1. The fourth-order valence-electron chi connectivity index (χ4n) is 14.9. The van der Waals surface area contributed by atoms with Crippen molar-refractivity contribution in [2.75, 3.05) is 0 Å². The summed E-state index contributed by atoms with van der Waals surface area (Å²) in [7, 11) is 0. The summed E-state index contributed by atoms with van der Waals surface area (Å²) in [5, 5.41) is 30.2. The van der Waals surface area contributed by atoms with Gasteiger partial charge < -0.3 is 8.97 Å². The Hall–Kier alpha value is -5.32. The molecule has 3 aromatic heterocycles. The van der Waals surface area contributed by atoms with Crippen molar-refractivity contribution in [3.63, 3.8) is 0 Å². The molecule has 260 valence electrons. The quantitative estimate of drug-likeness (QED) is 0.172. The summed E-state index contributed by atoms with van der Waals surface area (Å²) in [4.78, 5) is 0. The SMILES string of the molecule is N#Cc1cc2c(c3c1C1CC4CC(C1)CC3C4)c1cc3c4ccccc4n(-c4ccccc4)c3c3c4c5c(c(C#N)cc4n2c13)C1CC2CC(C1)CC5C2. The van der Waals surface area contributed by atoms with E-state index in [9.17, 15) is 10.5 Å². The van der Waals surface area contributed by atoms with Crippen LogP contribution in [0.25, 0.3) is 65.6 Å². The van der Waals surface area contributed by atoms with E-state index in [1.54, 1.807) is 0 Å². The molecule has 4 nitrogen and oxygen atoms in total. The summed E-state index contributed by atoms with van der Waals surface area (Å²) in [6, 6.07) is 32.8. The molecule has 0 spiro atoms. The van der Waals surface area contributed by atoms with Gasteiger partial charge in [-0.1, -0.05) is 36.4 Å². The van der Waals surface area contributed by atoms with Crippen molar-refractivity contribution in [3.05, 3.63) is 106 Å². The van der Waals surface area contributed by atoms with Crippen molar-refractivity contribution in [1.82, 2.24) is 8.97 Å². The topological polar surface area (TPSA) is 56.9 Å². The van der Waals surface area contributed by atoms with Gasteiger partial charge in [-0.25, -0.2) is 0 Å². The van der Waals surface area contributed by atoms with Crippen molar-refractivity contribution >= 4 is 59.9 Å². The molecule has 4 fully saturated rings. The average Bonchev–Trinajstić information content (AvgIpc) is 3.72. The van der Waals surface area contributed by atoms with Crippen molar-refractivity contribution in [1.29, 1.82) is 10.5 Å². The van der Waals surface area contributed by atoms with Crippen LogP contribution in [0.1, 0.15) is 121 Å². The first kappa shape index (κ1) is 29.1. The maximum Gasteiger partial charge on any atom is 0.0995 e. The summed E-state index contributed by atoms with van der Waals surface area (Å²) in [5.41, 5.74) is 15.0. The highest BCUT2D eigenvalue weighted by atomic mass is 15.0. The minimum Gasteiger partial charge on any atom is -0.309 e. The highest BCUT2D eigenvalue weighted by Crippen LogP contribution is 2.62.